The average Bonchev–Trinajstić information content (AvgIpc) is 3.01. The number of benzene rings is 1. The Kier molecular flexibility index (Phi) is 3.83. The lowest BCUT2D eigenvalue weighted by atomic mass is 10.3. The van der Waals surface area contributed by atoms with E-state index in [-0.39, 0.29) is 16.0 Å². The summed E-state index contributed by atoms with van der Waals surface area (Å²) in [7, 11) is 0. The fraction of sp³-hybridized carbons (Fsp3) is 0.0833. The van der Waals surface area contributed by atoms with Crippen molar-refractivity contribution in [2.45, 2.75) is 5.88 Å². The molecule has 0 bridgehead atoms. The van der Waals surface area contributed by atoms with Gasteiger partial charge < -0.3 is 4.74 Å². The predicted octanol–water partition coefficient (Wildman–Crippen LogP) is 4.60. The van der Waals surface area contributed by atoms with Gasteiger partial charge in [0.25, 0.3) is 5.69 Å². The van der Waals surface area contributed by atoms with Crippen LogP contribution in [0.3, 0.4) is 0 Å². The third-order valence-corrected chi connectivity index (χ3v) is 4.60. The van der Waals surface area contributed by atoms with Gasteiger partial charge in [0.1, 0.15) is 10.2 Å². The summed E-state index contributed by atoms with van der Waals surface area (Å²) >= 11 is 10.6. The summed E-state index contributed by atoms with van der Waals surface area (Å²) in [6, 6.07) is 4.57. The largest absolute Gasteiger partial charge is 0.436 e. The Morgan fingerprint density at radius 2 is 2.33 bits per heavy atom. The number of fused-ring (bicyclic) bond motifs is 1. The number of nitro groups is 1. The van der Waals surface area contributed by atoms with Gasteiger partial charge in [-0.3, -0.25) is 14.5 Å². The zero-order valence-corrected chi connectivity index (χ0v) is 13.5. The summed E-state index contributed by atoms with van der Waals surface area (Å²) in [6.07, 6.45) is 1.85. The van der Waals surface area contributed by atoms with Crippen LogP contribution in [0.4, 0.5) is 5.69 Å². The van der Waals surface area contributed by atoms with Gasteiger partial charge in [-0.05, 0) is 22.0 Å². The van der Waals surface area contributed by atoms with Crippen LogP contribution < -0.4 is 4.74 Å². The van der Waals surface area contributed by atoms with Gasteiger partial charge in [-0.1, -0.05) is 6.07 Å². The molecule has 0 radical (unpaired) electrons. The molecule has 0 spiro atoms. The number of imidazole rings is 1. The van der Waals surface area contributed by atoms with Crippen LogP contribution in [0.2, 0.25) is 0 Å². The zero-order valence-electron chi connectivity index (χ0n) is 10.3. The normalized spacial score (nSPS) is 11.0. The number of rotatable bonds is 4. The molecule has 0 aliphatic rings. The van der Waals surface area contributed by atoms with E-state index in [1.807, 2.05) is 16.0 Å². The van der Waals surface area contributed by atoms with Crippen molar-refractivity contribution in [3.63, 3.8) is 0 Å². The van der Waals surface area contributed by atoms with Crippen molar-refractivity contribution in [1.82, 2.24) is 9.38 Å². The van der Waals surface area contributed by atoms with Gasteiger partial charge in [0, 0.05) is 17.6 Å². The number of thiazole rings is 1. The van der Waals surface area contributed by atoms with Crippen LogP contribution in [0.25, 0.3) is 4.96 Å². The number of aromatic nitrogens is 2. The highest BCUT2D eigenvalue weighted by atomic mass is 79.9. The molecular weight excluding hydrogens is 382 g/mol. The predicted molar refractivity (Wildman–Crippen MR) is 83.5 cm³/mol. The average molecular weight is 389 g/mol. The van der Waals surface area contributed by atoms with Crippen LogP contribution in [-0.4, -0.2) is 14.3 Å². The molecule has 21 heavy (non-hydrogen) atoms. The van der Waals surface area contributed by atoms with E-state index in [1.54, 1.807) is 12.1 Å². The molecule has 0 aliphatic carbocycles. The molecule has 0 unspecified atom stereocenters. The van der Waals surface area contributed by atoms with Crippen LogP contribution in [0.15, 0.2) is 34.2 Å². The van der Waals surface area contributed by atoms with E-state index in [9.17, 15) is 10.1 Å². The third kappa shape index (κ3) is 2.50. The Morgan fingerprint density at radius 3 is 3.05 bits per heavy atom. The van der Waals surface area contributed by atoms with Crippen molar-refractivity contribution in [1.29, 1.82) is 0 Å². The Bertz CT molecular complexity index is 832. The first-order valence-corrected chi connectivity index (χ1v) is 7.93. The molecular formula is C12H7BrClN3O3S. The van der Waals surface area contributed by atoms with Crippen LogP contribution in [0, 0.1) is 10.1 Å². The lowest BCUT2D eigenvalue weighted by Crippen LogP contribution is -1.94. The number of alkyl halides is 1. The number of hydrogen-bond acceptors (Lipinski definition) is 5. The summed E-state index contributed by atoms with van der Waals surface area (Å²) in [5.74, 6) is 0.888. The molecule has 3 rings (SSSR count). The van der Waals surface area contributed by atoms with Crippen molar-refractivity contribution in [3.05, 3.63) is 50.1 Å². The van der Waals surface area contributed by atoms with E-state index in [0.717, 1.165) is 4.96 Å². The summed E-state index contributed by atoms with van der Waals surface area (Å²) in [5.41, 5.74) is 0.632. The van der Waals surface area contributed by atoms with Crippen LogP contribution in [-0.2, 0) is 5.88 Å². The maximum Gasteiger partial charge on any atom is 0.287 e. The van der Waals surface area contributed by atoms with Crippen LogP contribution >= 0.6 is 38.9 Å². The summed E-state index contributed by atoms with van der Waals surface area (Å²) < 4.78 is 7.81. The Hall–Kier alpha value is -1.64. The van der Waals surface area contributed by atoms with E-state index < -0.39 is 4.92 Å². The topological polar surface area (TPSA) is 69.7 Å². The standard InChI is InChI=1S/C12H7BrClN3O3S/c13-10-7(17(18)19)2-1-3-9(10)20-11-8(6-14)16-4-5-21-12(16)15-11/h1-5H,6H2. The van der Waals surface area contributed by atoms with Gasteiger partial charge in [-0.2, -0.15) is 4.98 Å². The Balaban J connectivity index is 2.04. The van der Waals surface area contributed by atoms with Crippen LogP contribution in [0.1, 0.15) is 5.69 Å². The first kappa shape index (κ1) is 14.3. The third-order valence-electron chi connectivity index (χ3n) is 2.80. The number of halogens is 2. The summed E-state index contributed by atoms with van der Waals surface area (Å²) in [5, 5.41) is 12.8. The fourth-order valence-corrected chi connectivity index (χ4v) is 3.30. The second kappa shape index (κ2) is 5.63. The van der Waals surface area contributed by atoms with Gasteiger partial charge >= 0.3 is 0 Å². The Labute approximate surface area is 136 Å². The minimum absolute atomic E-state index is 0.0686. The van der Waals surface area contributed by atoms with Gasteiger partial charge in [-0.15, -0.1) is 22.9 Å². The highest BCUT2D eigenvalue weighted by Crippen LogP contribution is 2.37. The maximum absolute atomic E-state index is 10.9. The molecule has 6 nitrogen and oxygen atoms in total. The zero-order chi connectivity index (χ0) is 15.0. The van der Waals surface area contributed by atoms with Crippen molar-refractivity contribution < 1.29 is 9.66 Å². The SMILES string of the molecule is O=[N+]([O-])c1cccc(Oc2nc3sccn3c2CCl)c1Br. The van der Waals surface area contributed by atoms with Crippen molar-refractivity contribution in [2.75, 3.05) is 0 Å². The molecule has 2 heterocycles. The fourth-order valence-electron chi connectivity index (χ4n) is 1.84. The molecule has 0 saturated carbocycles. The molecule has 1 aromatic carbocycles. The number of ether oxygens (including phenoxy) is 1. The molecule has 0 fully saturated rings. The molecule has 0 aliphatic heterocycles. The van der Waals surface area contributed by atoms with Crippen molar-refractivity contribution in [3.8, 4) is 11.6 Å². The summed E-state index contributed by atoms with van der Waals surface area (Å²) in [4.78, 5) is 15.5. The van der Waals surface area contributed by atoms with Gasteiger partial charge in [-0.25, -0.2) is 0 Å². The molecule has 2 aromatic heterocycles. The van der Waals surface area contributed by atoms with E-state index in [0.29, 0.717) is 17.3 Å². The molecule has 0 N–H and O–H groups in total. The second-order valence-corrected chi connectivity index (χ2v) is 5.93. The van der Waals surface area contributed by atoms with E-state index >= 15 is 0 Å². The van der Waals surface area contributed by atoms with E-state index in [4.69, 9.17) is 16.3 Å². The maximum atomic E-state index is 10.9. The molecule has 108 valence electrons. The van der Waals surface area contributed by atoms with E-state index in [2.05, 4.69) is 20.9 Å². The molecule has 0 saturated heterocycles. The lowest BCUT2D eigenvalue weighted by Gasteiger charge is -2.06. The highest BCUT2D eigenvalue weighted by molar-refractivity contribution is 9.10. The minimum atomic E-state index is -0.481. The number of hydrogen-bond donors (Lipinski definition) is 0. The summed E-state index contributed by atoms with van der Waals surface area (Å²) in [6.45, 7) is 0. The molecule has 0 amide bonds. The first-order valence-electron chi connectivity index (χ1n) is 5.73. The highest BCUT2D eigenvalue weighted by Gasteiger charge is 2.20. The first-order chi connectivity index (χ1) is 10.1. The van der Waals surface area contributed by atoms with Gasteiger partial charge in [0.15, 0.2) is 10.7 Å². The molecule has 3 aromatic rings. The smallest absolute Gasteiger partial charge is 0.287 e. The van der Waals surface area contributed by atoms with Gasteiger partial charge in [0.05, 0.1) is 10.8 Å². The van der Waals surface area contributed by atoms with Crippen molar-refractivity contribution >= 4 is 49.5 Å². The monoisotopic (exact) mass is 387 g/mol. The minimum Gasteiger partial charge on any atom is -0.436 e. The lowest BCUT2D eigenvalue weighted by molar-refractivity contribution is -0.385. The van der Waals surface area contributed by atoms with Crippen molar-refractivity contribution in [2.24, 2.45) is 0 Å². The van der Waals surface area contributed by atoms with Gasteiger partial charge in [0.2, 0.25) is 5.88 Å². The van der Waals surface area contributed by atoms with Crippen LogP contribution in [0.5, 0.6) is 11.6 Å². The number of nitrogens with zero attached hydrogens (tertiary/aromatic N) is 3. The van der Waals surface area contributed by atoms with E-state index in [1.165, 1.54) is 17.4 Å². The number of nitro benzene ring substituents is 1. The second-order valence-electron chi connectivity index (χ2n) is 4.00. The molecule has 9 heteroatoms. The molecule has 0 atom stereocenters. The quantitative estimate of drug-likeness (QED) is 0.372. The Morgan fingerprint density at radius 1 is 1.52 bits per heavy atom.